The van der Waals surface area contributed by atoms with E-state index in [0.29, 0.717) is 24.2 Å². The van der Waals surface area contributed by atoms with Crippen LogP contribution >= 0.6 is 0 Å². The van der Waals surface area contributed by atoms with E-state index in [1.807, 2.05) is 39.8 Å². The molecule has 1 saturated heterocycles. The highest BCUT2D eigenvalue weighted by Crippen LogP contribution is 2.42. The minimum Gasteiger partial charge on any atom is -0.414 e. The zero-order valence-corrected chi connectivity index (χ0v) is 35.2. The molecule has 3 atom stereocenters. The molecule has 0 amide bonds. The molecular formula is C36H62N2O7SSi2. The lowest BCUT2D eigenvalue weighted by molar-refractivity contribution is -0.0412. The summed E-state index contributed by atoms with van der Waals surface area (Å²) in [7, 11) is -8.57. The molecule has 1 fully saturated rings. The van der Waals surface area contributed by atoms with Crippen molar-refractivity contribution in [2.45, 2.75) is 167 Å². The first-order valence-electron chi connectivity index (χ1n) is 17.4. The smallest absolute Gasteiger partial charge is 0.353 e. The first-order chi connectivity index (χ1) is 21.7. The summed E-state index contributed by atoms with van der Waals surface area (Å²) in [5.74, 6) is -0.177. The highest BCUT2D eigenvalue weighted by atomic mass is 32.2. The largest absolute Gasteiger partial charge is 0.414 e. The maximum absolute atomic E-state index is 13.9. The second-order valence-corrected chi connectivity index (χ2v) is 28.4. The van der Waals surface area contributed by atoms with Crippen LogP contribution in [0, 0.1) is 0 Å². The van der Waals surface area contributed by atoms with Crippen LogP contribution < -0.4 is 9.87 Å². The molecule has 0 radical (unpaired) electrons. The van der Waals surface area contributed by atoms with Crippen molar-refractivity contribution in [1.29, 1.82) is 0 Å². The Morgan fingerprint density at radius 1 is 0.896 bits per heavy atom. The number of aromatic nitrogens is 2. The van der Waals surface area contributed by atoms with Crippen LogP contribution in [0.1, 0.15) is 130 Å². The lowest BCUT2D eigenvalue weighted by atomic mass is 9.89. The molecule has 0 aliphatic carbocycles. The van der Waals surface area contributed by atoms with Gasteiger partial charge in [-0.3, -0.25) is 4.57 Å². The Kier molecular flexibility index (Phi) is 12.2. The fourth-order valence-corrected chi connectivity index (χ4v) is 9.14. The van der Waals surface area contributed by atoms with E-state index in [0.717, 1.165) is 5.56 Å². The average Bonchev–Trinajstić information content (AvgIpc) is 3.31. The quantitative estimate of drug-likeness (QED) is 0.158. The summed E-state index contributed by atoms with van der Waals surface area (Å²) in [5.41, 5.74) is 1.79. The molecule has 0 spiro atoms. The van der Waals surface area contributed by atoms with Gasteiger partial charge in [0.15, 0.2) is 16.6 Å². The molecule has 2 aromatic rings. The standard InChI is InChI=1S/C36H62N2O7SSi2/c1-23(2)26-19-27(24(3)4)33(28(20-26)25(5)6)46(40,41)44-31-17-18-38(34(39)37-31)32-21-29(45-48(15,16)36(10,11)12)30(43-32)22-42-47(13,14)35(7,8)9/h17-20,23-25,29-30,32H,21-22H2,1-16H3/t29?,30-,32-/m1/s1. The molecule has 1 aromatic carbocycles. The fourth-order valence-electron chi connectivity index (χ4n) is 5.20. The molecule has 1 unspecified atom stereocenters. The molecular weight excluding hydrogens is 661 g/mol. The van der Waals surface area contributed by atoms with Crippen LogP contribution in [-0.2, 0) is 23.7 Å². The number of hydrogen-bond acceptors (Lipinski definition) is 8. The van der Waals surface area contributed by atoms with Gasteiger partial charge >= 0.3 is 15.8 Å². The van der Waals surface area contributed by atoms with Gasteiger partial charge in [0.2, 0.25) is 5.88 Å². The second kappa shape index (κ2) is 14.4. The van der Waals surface area contributed by atoms with Crippen molar-refractivity contribution in [2.24, 2.45) is 0 Å². The summed E-state index contributed by atoms with van der Waals surface area (Å²) in [6.07, 6.45) is 0.637. The van der Waals surface area contributed by atoms with E-state index in [2.05, 4.69) is 86.6 Å². The van der Waals surface area contributed by atoms with Crippen molar-refractivity contribution in [3.63, 3.8) is 0 Å². The van der Waals surface area contributed by atoms with Crippen molar-refractivity contribution >= 4 is 26.8 Å². The molecule has 12 heteroatoms. The van der Waals surface area contributed by atoms with E-state index in [1.54, 1.807) is 0 Å². The van der Waals surface area contributed by atoms with Crippen molar-refractivity contribution < 1.29 is 26.2 Å². The third-order valence-electron chi connectivity index (χ3n) is 10.5. The summed E-state index contributed by atoms with van der Waals surface area (Å²) in [6, 6.07) is 5.32. The van der Waals surface area contributed by atoms with Gasteiger partial charge in [-0.25, -0.2) is 4.79 Å². The van der Waals surface area contributed by atoms with Gasteiger partial charge in [-0.1, -0.05) is 95.2 Å². The molecule has 1 aromatic heterocycles. The predicted octanol–water partition coefficient (Wildman–Crippen LogP) is 9.08. The molecule has 0 N–H and O–H groups in total. The Morgan fingerprint density at radius 3 is 1.85 bits per heavy atom. The first-order valence-corrected chi connectivity index (χ1v) is 24.6. The minimum atomic E-state index is -4.31. The second-order valence-electron chi connectivity index (χ2n) is 17.3. The summed E-state index contributed by atoms with van der Waals surface area (Å²) in [5, 5.41) is 0.0128. The Balaban J connectivity index is 1.95. The van der Waals surface area contributed by atoms with E-state index in [4.69, 9.17) is 17.8 Å². The van der Waals surface area contributed by atoms with E-state index in [9.17, 15) is 13.2 Å². The van der Waals surface area contributed by atoms with Gasteiger partial charge in [0.25, 0.3) is 0 Å². The average molecular weight is 723 g/mol. The van der Waals surface area contributed by atoms with Gasteiger partial charge < -0.3 is 17.8 Å². The van der Waals surface area contributed by atoms with Crippen LogP contribution in [0.4, 0.5) is 0 Å². The number of rotatable bonds is 12. The number of benzene rings is 1. The minimum absolute atomic E-state index is 0.0151. The van der Waals surface area contributed by atoms with Gasteiger partial charge in [0, 0.05) is 18.7 Å². The number of ether oxygens (including phenoxy) is 1. The van der Waals surface area contributed by atoms with E-state index in [1.165, 1.54) is 16.8 Å². The third kappa shape index (κ3) is 9.09. The van der Waals surface area contributed by atoms with E-state index >= 15 is 0 Å². The first kappa shape index (κ1) is 40.6. The monoisotopic (exact) mass is 722 g/mol. The normalized spacial score (nSPS) is 19.9. The molecule has 9 nitrogen and oxygen atoms in total. The molecule has 0 saturated carbocycles. The Bertz CT molecular complexity index is 1570. The SMILES string of the molecule is CC(C)c1cc(C(C)C)c(S(=O)(=O)Oc2ccn([C@H]3CC(O[Si](C)(C)C(C)(C)C)[C@@H](CO[Si](C)(C)C(C)(C)C)O3)c(=O)n2)c(C(C)C)c1. The van der Waals surface area contributed by atoms with Crippen molar-refractivity contribution in [2.75, 3.05) is 6.61 Å². The van der Waals surface area contributed by atoms with E-state index < -0.39 is 38.7 Å². The summed E-state index contributed by atoms with van der Waals surface area (Å²) >= 11 is 0. The highest BCUT2D eigenvalue weighted by molar-refractivity contribution is 7.87. The third-order valence-corrected chi connectivity index (χ3v) is 20.9. The van der Waals surface area contributed by atoms with Gasteiger partial charge in [0.05, 0.1) is 12.7 Å². The molecule has 272 valence electrons. The van der Waals surface area contributed by atoms with Crippen molar-refractivity contribution in [1.82, 2.24) is 9.55 Å². The van der Waals surface area contributed by atoms with Crippen LogP contribution in [0.15, 0.2) is 34.1 Å². The number of nitrogens with zero attached hydrogens (tertiary/aromatic N) is 2. The zero-order valence-electron chi connectivity index (χ0n) is 32.3. The zero-order chi connectivity index (χ0) is 36.8. The summed E-state index contributed by atoms with van der Waals surface area (Å²) in [4.78, 5) is 17.7. The van der Waals surface area contributed by atoms with Crippen LogP contribution in [0.3, 0.4) is 0 Å². The van der Waals surface area contributed by atoms with Crippen LogP contribution in [-0.4, -0.2) is 53.4 Å². The van der Waals surface area contributed by atoms with Gasteiger partial charge in [-0.15, -0.1) is 0 Å². The molecule has 48 heavy (non-hydrogen) atoms. The highest BCUT2D eigenvalue weighted by Gasteiger charge is 2.47. The van der Waals surface area contributed by atoms with Gasteiger partial charge in [-0.2, -0.15) is 13.4 Å². The lowest BCUT2D eigenvalue weighted by Gasteiger charge is -2.40. The molecule has 1 aliphatic heterocycles. The Morgan fingerprint density at radius 2 is 1.42 bits per heavy atom. The Hall–Kier alpha value is -1.84. The fraction of sp³-hybridized carbons (Fsp3) is 0.722. The lowest BCUT2D eigenvalue weighted by Crippen LogP contribution is -2.48. The topological polar surface area (TPSA) is 106 Å². The summed E-state index contributed by atoms with van der Waals surface area (Å²) in [6.45, 7) is 34.4. The number of hydrogen-bond donors (Lipinski definition) is 0. The van der Waals surface area contributed by atoms with Gasteiger partial charge in [0.1, 0.15) is 17.2 Å². The molecule has 2 heterocycles. The molecule has 3 rings (SSSR count). The van der Waals surface area contributed by atoms with Crippen molar-refractivity contribution in [3.05, 3.63) is 51.6 Å². The molecule has 1 aliphatic rings. The van der Waals surface area contributed by atoms with Crippen LogP contribution in [0.2, 0.25) is 36.3 Å². The van der Waals surface area contributed by atoms with Gasteiger partial charge in [-0.05, 0) is 70.7 Å². The summed E-state index contributed by atoms with van der Waals surface area (Å²) < 4.78 is 54.7. The predicted molar refractivity (Wildman–Crippen MR) is 199 cm³/mol. The van der Waals surface area contributed by atoms with Crippen LogP contribution in [0.5, 0.6) is 5.88 Å². The maximum atomic E-state index is 13.9. The Labute approximate surface area is 292 Å². The van der Waals surface area contributed by atoms with E-state index in [-0.39, 0.29) is 50.8 Å². The molecule has 0 bridgehead atoms. The van der Waals surface area contributed by atoms with Crippen LogP contribution in [0.25, 0.3) is 0 Å². The van der Waals surface area contributed by atoms with Crippen molar-refractivity contribution in [3.8, 4) is 5.88 Å². The maximum Gasteiger partial charge on any atom is 0.353 e.